The van der Waals surface area contributed by atoms with Gasteiger partial charge in [0, 0.05) is 20.1 Å². The van der Waals surface area contributed by atoms with Crippen molar-refractivity contribution in [3.63, 3.8) is 0 Å². The van der Waals surface area contributed by atoms with Gasteiger partial charge in [-0.1, -0.05) is 0 Å². The molecule has 1 amide bonds. The monoisotopic (exact) mass is 330 g/mol. The van der Waals surface area contributed by atoms with Crippen molar-refractivity contribution in [2.45, 2.75) is 36.9 Å². The highest BCUT2D eigenvalue weighted by molar-refractivity contribution is 7.88. The zero-order chi connectivity index (χ0) is 16.7. The van der Waals surface area contributed by atoms with Gasteiger partial charge in [0.15, 0.2) is 5.76 Å². The fraction of sp³-hybridized carbons (Fsp3) is 0.538. The number of carboxylic acids is 1. The molecule has 0 aromatic carbocycles. The van der Waals surface area contributed by atoms with Crippen LogP contribution in [-0.2, 0) is 14.8 Å². The molecule has 1 aromatic rings. The van der Waals surface area contributed by atoms with E-state index in [2.05, 4.69) is 0 Å². The number of hydrogen-bond donors (Lipinski definition) is 1. The van der Waals surface area contributed by atoms with E-state index in [1.807, 2.05) is 0 Å². The molecular formula is C13H18N2O6S. The van der Waals surface area contributed by atoms with Crippen LogP contribution in [0.4, 0.5) is 0 Å². The maximum atomic E-state index is 12.4. The van der Waals surface area contributed by atoms with Crippen LogP contribution in [0.15, 0.2) is 21.6 Å². The third kappa shape index (κ3) is 3.00. The van der Waals surface area contributed by atoms with Gasteiger partial charge in [0.05, 0.1) is 0 Å². The molecular weight excluding hydrogens is 312 g/mol. The lowest BCUT2D eigenvalue weighted by atomic mass is 10.2. The van der Waals surface area contributed by atoms with Crippen molar-refractivity contribution in [1.29, 1.82) is 0 Å². The molecule has 122 valence electrons. The van der Waals surface area contributed by atoms with E-state index in [9.17, 15) is 18.0 Å². The van der Waals surface area contributed by atoms with Gasteiger partial charge in [0.25, 0.3) is 15.9 Å². The zero-order valence-electron chi connectivity index (χ0n) is 12.5. The van der Waals surface area contributed by atoms with Gasteiger partial charge >= 0.3 is 5.97 Å². The first-order valence-corrected chi connectivity index (χ1v) is 8.18. The van der Waals surface area contributed by atoms with Crippen molar-refractivity contribution in [2.24, 2.45) is 0 Å². The normalized spacial score (nSPS) is 16.5. The molecule has 1 aliphatic carbocycles. The Hall–Kier alpha value is -1.87. The Morgan fingerprint density at radius 2 is 1.91 bits per heavy atom. The molecule has 1 atom stereocenters. The maximum Gasteiger partial charge on any atom is 0.326 e. The lowest BCUT2D eigenvalue weighted by Gasteiger charge is -2.25. The topological polar surface area (TPSA) is 108 Å². The van der Waals surface area contributed by atoms with Crippen LogP contribution in [0.5, 0.6) is 0 Å². The molecule has 0 saturated heterocycles. The van der Waals surface area contributed by atoms with Crippen LogP contribution in [0.1, 0.15) is 30.3 Å². The molecule has 1 saturated carbocycles. The Bertz CT molecular complexity index is 689. The van der Waals surface area contributed by atoms with Crippen LogP contribution in [0.3, 0.4) is 0 Å². The van der Waals surface area contributed by atoms with Crippen LogP contribution in [-0.4, -0.2) is 60.8 Å². The van der Waals surface area contributed by atoms with E-state index in [0.29, 0.717) is 0 Å². The SMILES string of the molecule is CC(C(=O)O)N(C(=O)c1ccc(S(=O)(=O)N(C)C)o1)C1CC1. The molecule has 1 unspecified atom stereocenters. The Labute approximate surface area is 128 Å². The van der Waals surface area contributed by atoms with Crippen LogP contribution in [0.2, 0.25) is 0 Å². The number of nitrogens with zero attached hydrogens (tertiary/aromatic N) is 2. The van der Waals surface area contributed by atoms with Crippen molar-refractivity contribution >= 4 is 21.9 Å². The summed E-state index contributed by atoms with van der Waals surface area (Å²) in [5.41, 5.74) is 0. The third-order valence-electron chi connectivity index (χ3n) is 3.48. The van der Waals surface area contributed by atoms with E-state index in [0.717, 1.165) is 17.1 Å². The van der Waals surface area contributed by atoms with E-state index in [-0.39, 0.29) is 16.9 Å². The summed E-state index contributed by atoms with van der Waals surface area (Å²) in [4.78, 5) is 24.8. The first kappa shape index (κ1) is 16.5. The maximum absolute atomic E-state index is 12.4. The molecule has 1 heterocycles. The van der Waals surface area contributed by atoms with Gasteiger partial charge in [0.1, 0.15) is 6.04 Å². The Morgan fingerprint density at radius 1 is 1.32 bits per heavy atom. The highest BCUT2D eigenvalue weighted by atomic mass is 32.2. The molecule has 8 nitrogen and oxygen atoms in total. The van der Waals surface area contributed by atoms with Gasteiger partial charge in [-0.3, -0.25) is 4.79 Å². The summed E-state index contributed by atoms with van der Waals surface area (Å²) in [5.74, 6) is -1.91. The predicted molar refractivity (Wildman–Crippen MR) is 75.9 cm³/mol. The summed E-state index contributed by atoms with van der Waals surface area (Å²) in [5, 5.41) is 8.76. The molecule has 1 aliphatic rings. The van der Waals surface area contributed by atoms with Crippen LogP contribution < -0.4 is 0 Å². The van der Waals surface area contributed by atoms with Crippen LogP contribution >= 0.6 is 0 Å². The first-order valence-electron chi connectivity index (χ1n) is 6.74. The Kier molecular flexibility index (Phi) is 4.30. The number of rotatable bonds is 6. The van der Waals surface area contributed by atoms with E-state index in [1.165, 1.54) is 38.1 Å². The van der Waals surface area contributed by atoms with Gasteiger partial charge in [-0.15, -0.1) is 0 Å². The quantitative estimate of drug-likeness (QED) is 0.818. The van der Waals surface area contributed by atoms with E-state index in [4.69, 9.17) is 9.52 Å². The van der Waals surface area contributed by atoms with Crippen LogP contribution in [0, 0.1) is 0 Å². The number of furan rings is 1. The summed E-state index contributed by atoms with van der Waals surface area (Å²) in [6.07, 6.45) is 1.46. The second kappa shape index (κ2) is 5.73. The number of carboxylic acid groups (broad SMARTS) is 1. The second-order valence-electron chi connectivity index (χ2n) is 5.36. The highest BCUT2D eigenvalue weighted by Crippen LogP contribution is 2.31. The molecule has 2 rings (SSSR count). The van der Waals surface area contributed by atoms with E-state index >= 15 is 0 Å². The Balaban J connectivity index is 2.29. The molecule has 0 aliphatic heterocycles. The molecule has 9 heteroatoms. The molecule has 22 heavy (non-hydrogen) atoms. The minimum Gasteiger partial charge on any atom is -0.480 e. The average molecular weight is 330 g/mol. The summed E-state index contributed by atoms with van der Waals surface area (Å²) >= 11 is 0. The number of amides is 1. The zero-order valence-corrected chi connectivity index (χ0v) is 13.3. The van der Waals surface area contributed by atoms with Gasteiger partial charge in [0.2, 0.25) is 5.09 Å². The van der Waals surface area contributed by atoms with Crippen LogP contribution in [0.25, 0.3) is 0 Å². The summed E-state index contributed by atoms with van der Waals surface area (Å²) < 4.78 is 30.0. The fourth-order valence-electron chi connectivity index (χ4n) is 2.01. The average Bonchev–Trinajstić information content (AvgIpc) is 3.13. The summed E-state index contributed by atoms with van der Waals surface area (Å²) in [6.45, 7) is 1.42. The largest absolute Gasteiger partial charge is 0.480 e. The van der Waals surface area contributed by atoms with Gasteiger partial charge < -0.3 is 14.4 Å². The second-order valence-corrected chi connectivity index (χ2v) is 7.45. The highest BCUT2D eigenvalue weighted by Gasteiger charge is 2.40. The molecule has 0 radical (unpaired) electrons. The molecule has 1 fully saturated rings. The molecule has 1 aromatic heterocycles. The summed E-state index contributed by atoms with van der Waals surface area (Å²) in [7, 11) is -1.08. The van der Waals surface area contributed by atoms with Crippen molar-refractivity contribution in [1.82, 2.24) is 9.21 Å². The van der Waals surface area contributed by atoms with Crippen molar-refractivity contribution in [3.05, 3.63) is 17.9 Å². The minimum atomic E-state index is -3.78. The fourth-order valence-corrected chi connectivity index (χ4v) is 2.81. The predicted octanol–water partition coefficient (Wildman–Crippen LogP) is 0.608. The first-order chi connectivity index (χ1) is 10.2. The number of aliphatic carboxylic acids is 1. The number of sulfonamides is 1. The smallest absolute Gasteiger partial charge is 0.326 e. The third-order valence-corrected chi connectivity index (χ3v) is 5.17. The lowest BCUT2D eigenvalue weighted by Crippen LogP contribution is -2.44. The minimum absolute atomic E-state index is 0.141. The molecule has 0 bridgehead atoms. The van der Waals surface area contributed by atoms with Gasteiger partial charge in [-0.2, -0.15) is 0 Å². The van der Waals surface area contributed by atoms with Crippen molar-refractivity contribution in [3.8, 4) is 0 Å². The number of hydrogen-bond acceptors (Lipinski definition) is 5. The van der Waals surface area contributed by atoms with E-state index < -0.39 is 27.9 Å². The standard InChI is InChI=1S/C13H18N2O6S/c1-8(13(17)18)15(9-4-5-9)12(16)10-6-7-11(21-10)22(19,20)14(2)3/h6-9H,4-5H2,1-3H3,(H,17,18). The van der Waals surface area contributed by atoms with Crippen molar-refractivity contribution in [2.75, 3.05) is 14.1 Å². The number of carbonyl (C=O) groups is 2. The van der Waals surface area contributed by atoms with Crippen molar-refractivity contribution < 1.29 is 27.5 Å². The molecule has 1 N–H and O–H groups in total. The van der Waals surface area contributed by atoms with E-state index in [1.54, 1.807) is 0 Å². The Morgan fingerprint density at radius 3 is 2.36 bits per heavy atom. The van der Waals surface area contributed by atoms with Gasteiger partial charge in [-0.05, 0) is 31.9 Å². The van der Waals surface area contributed by atoms with Gasteiger partial charge in [-0.25, -0.2) is 17.5 Å². The summed E-state index contributed by atoms with van der Waals surface area (Å²) in [6, 6.07) is 1.30. The number of carbonyl (C=O) groups excluding carboxylic acids is 1. The lowest BCUT2D eigenvalue weighted by molar-refractivity contribution is -0.141. The molecule has 0 spiro atoms.